The van der Waals surface area contributed by atoms with E-state index < -0.39 is 6.16 Å². The number of allylic oxidation sites excluding steroid dienone is 2. The van der Waals surface area contributed by atoms with E-state index in [-0.39, 0.29) is 36.4 Å². The molecule has 0 amide bonds. The summed E-state index contributed by atoms with van der Waals surface area (Å²) in [7, 11) is 3.21. The van der Waals surface area contributed by atoms with Crippen molar-refractivity contribution in [1.82, 2.24) is 0 Å². The van der Waals surface area contributed by atoms with Gasteiger partial charge in [0.15, 0.2) is 12.1 Å². The highest BCUT2D eigenvalue weighted by Gasteiger charge is 2.52. The van der Waals surface area contributed by atoms with Crippen LogP contribution < -0.4 is 0 Å². The minimum Gasteiger partial charge on any atom is -0.434 e. The fourth-order valence-electron chi connectivity index (χ4n) is 5.28. The minimum absolute atomic E-state index is 0.0472. The third-order valence-electron chi connectivity index (χ3n) is 6.53. The van der Waals surface area contributed by atoms with E-state index in [9.17, 15) is 9.59 Å². The van der Waals surface area contributed by atoms with E-state index >= 15 is 0 Å². The van der Waals surface area contributed by atoms with Crippen LogP contribution in [0.25, 0.3) is 5.57 Å². The van der Waals surface area contributed by atoms with Gasteiger partial charge in [-0.05, 0) is 56.2 Å². The second-order valence-electron chi connectivity index (χ2n) is 8.34. The lowest BCUT2D eigenvalue weighted by atomic mass is 9.87. The van der Waals surface area contributed by atoms with Gasteiger partial charge in [-0.15, -0.1) is 0 Å². The Morgan fingerprint density at radius 1 is 1.03 bits per heavy atom. The molecular weight excluding hydrogens is 396 g/mol. The number of methoxy groups -OCH3 is 2. The highest BCUT2D eigenvalue weighted by atomic mass is 16.7. The average molecular weight is 431 g/mol. The molecule has 0 radical (unpaired) electrons. The molecule has 0 heterocycles. The predicted molar refractivity (Wildman–Crippen MR) is 117 cm³/mol. The van der Waals surface area contributed by atoms with Crippen LogP contribution in [0.3, 0.4) is 0 Å². The van der Waals surface area contributed by atoms with Crippen LogP contribution in [-0.4, -0.2) is 39.1 Å². The maximum atomic E-state index is 13.7. The van der Waals surface area contributed by atoms with Gasteiger partial charge in [-0.2, -0.15) is 0 Å². The van der Waals surface area contributed by atoms with Gasteiger partial charge >= 0.3 is 6.16 Å². The largest absolute Gasteiger partial charge is 0.513 e. The Morgan fingerprint density at radius 2 is 1.61 bits per heavy atom. The molecule has 2 aliphatic rings. The quantitative estimate of drug-likeness (QED) is 0.434. The summed E-state index contributed by atoms with van der Waals surface area (Å²) in [6.45, 7) is 8.19. The van der Waals surface area contributed by atoms with E-state index in [1.54, 1.807) is 21.1 Å². The molecule has 0 aromatic heterocycles. The first-order chi connectivity index (χ1) is 14.9. The molecule has 170 valence electrons. The number of carbonyl (C=O) groups is 2. The van der Waals surface area contributed by atoms with Crippen LogP contribution in [0.4, 0.5) is 4.79 Å². The SMILES string of the molecule is CCOC(=O)OC1=C(c2c(CC)cc(C)cc2CC)C(=O)C2CC(C(OC)OC)CC12. The number of aryl methyl sites for hydroxylation is 3. The summed E-state index contributed by atoms with van der Waals surface area (Å²) in [6, 6.07) is 4.25. The van der Waals surface area contributed by atoms with E-state index in [1.165, 1.54) is 5.56 Å². The van der Waals surface area contributed by atoms with Crippen molar-refractivity contribution in [2.24, 2.45) is 17.8 Å². The molecule has 1 aromatic carbocycles. The molecule has 0 spiro atoms. The van der Waals surface area contributed by atoms with Crippen LogP contribution in [0.15, 0.2) is 17.9 Å². The number of fused-ring (bicyclic) bond motifs is 1. The second kappa shape index (κ2) is 9.96. The number of carbonyl (C=O) groups excluding carboxylic acids is 2. The van der Waals surface area contributed by atoms with Crippen LogP contribution >= 0.6 is 0 Å². The van der Waals surface area contributed by atoms with Gasteiger partial charge in [0.05, 0.1) is 12.2 Å². The molecule has 1 fully saturated rings. The van der Waals surface area contributed by atoms with Crippen molar-refractivity contribution in [1.29, 1.82) is 0 Å². The number of Topliss-reactive ketones (excluding diaryl/α,β-unsaturated/α-hetero) is 1. The molecule has 0 bridgehead atoms. The smallest absolute Gasteiger partial charge is 0.434 e. The summed E-state index contributed by atoms with van der Waals surface area (Å²) in [5.41, 5.74) is 4.86. The molecule has 3 atom stereocenters. The predicted octanol–water partition coefficient (Wildman–Crippen LogP) is 4.85. The topological polar surface area (TPSA) is 71.1 Å². The molecular formula is C25H34O6. The van der Waals surface area contributed by atoms with Gasteiger partial charge in [0.1, 0.15) is 5.76 Å². The van der Waals surface area contributed by atoms with Gasteiger partial charge in [0.2, 0.25) is 0 Å². The average Bonchev–Trinajstić information content (AvgIpc) is 3.28. The summed E-state index contributed by atoms with van der Waals surface area (Å²) >= 11 is 0. The van der Waals surface area contributed by atoms with E-state index in [4.69, 9.17) is 18.9 Å². The lowest BCUT2D eigenvalue weighted by Gasteiger charge is -2.22. The second-order valence-corrected chi connectivity index (χ2v) is 8.34. The van der Waals surface area contributed by atoms with Gasteiger partial charge < -0.3 is 18.9 Å². The number of ether oxygens (including phenoxy) is 4. The van der Waals surface area contributed by atoms with Crippen molar-refractivity contribution >= 4 is 17.5 Å². The molecule has 1 saturated carbocycles. The summed E-state index contributed by atoms with van der Waals surface area (Å²) in [5.74, 6) is 0.139. The normalized spacial score (nSPS) is 22.9. The zero-order valence-electron chi connectivity index (χ0n) is 19.4. The van der Waals surface area contributed by atoms with Crippen LogP contribution in [-0.2, 0) is 36.6 Å². The fraction of sp³-hybridized carbons (Fsp3) is 0.600. The zero-order chi connectivity index (χ0) is 22.7. The fourth-order valence-corrected chi connectivity index (χ4v) is 5.28. The lowest BCUT2D eigenvalue weighted by Crippen LogP contribution is -2.24. The standard InChI is InChI=1S/C25H34O6/c1-7-15-10-14(4)11-16(8-2)20(15)21-22(26)18-12-17(24(28-5)29-6)13-19(18)23(21)31-25(27)30-9-3/h10-11,17-19,24H,7-9,12-13H2,1-6H3. The third-order valence-corrected chi connectivity index (χ3v) is 6.53. The highest BCUT2D eigenvalue weighted by Crippen LogP contribution is 2.53. The molecule has 0 aliphatic heterocycles. The Labute approximate surface area is 184 Å². The van der Waals surface area contributed by atoms with Crippen molar-refractivity contribution in [3.05, 3.63) is 40.1 Å². The zero-order valence-corrected chi connectivity index (χ0v) is 19.4. The summed E-state index contributed by atoms with van der Waals surface area (Å²) in [5, 5.41) is 0. The maximum Gasteiger partial charge on any atom is 0.513 e. The number of rotatable bonds is 8. The van der Waals surface area contributed by atoms with Crippen LogP contribution in [0.5, 0.6) is 0 Å². The monoisotopic (exact) mass is 430 g/mol. The number of hydrogen-bond acceptors (Lipinski definition) is 6. The minimum atomic E-state index is -0.759. The number of hydrogen-bond donors (Lipinski definition) is 0. The molecule has 0 N–H and O–H groups in total. The van der Waals surface area contributed by atoms with Crippen molar-refractivity contribution in [3.8, 4) is 0 Å². The van der Waals surface area contributed by atoms with Gasteiger partial charge in [-0.25, -0.2) is 4.79 Å². The van der Waals surface area contributed by atoms with Crippen molar-refractivity contribution in [2.75, 3.05) is 20.8 Å². The third kappa shape index (κ3) is 4.41. The van der Waals surface area contributed by atoms with Gasteiger partial charge in [0.25, 0.3) is 0 Å². The van der Waals surface area contributed by atoms with E-state index in [0.717, 1.165) is 29.5 Å². The summed E-state index contributed by atoms with van der Waals surface area (Å²) in [6.07, 6.45) is 1.74. The van der Waals surface area contributed by atoms with Crippen molar-refractivity contribution < 1.29 is 28.5 Å². The molecule has 1 aromatic rings. The lowest BCUT2D eigenvalue weighted by molar-refractivity contribution is -0.137. The molecule has 6 heteroatoms. The number of ketones is 1. The van der Waals surface area contributed by atoms with E-state index in [0.29, 0.717) is 24.2 Å². The van der Waals surface area contributed by atoms with Crippen molar-refractivity contribution in [3.63, 3.8) is 0 Å². The van der Waals surface area contributed by atoms with Crippen LogP contribution in [0.2, 0.25) is 0 Å². The van der Waals surface area contributed by atoms with Crippen molar-refractivity contribution in [2.45, 2.75) is 59.7 Å². The van der Waals surface area contributed by atoms with Crippen LogP contribution in [0, 0.1) is 24.7 Å². The van der Waals surface area contributed by atoms with Gasteiger partial charge in [-0.3, -0.25) is 4.79 Å². The van der Waals surface area contributed by atoms with E-state index in [1.807, 2.05) is 0 Å². The molecule has 6 nitrogen and oxygen atoms in total. The Balaban J connectivity index is 2.13. The van der Waals surface area contributed by atoms with Crippen LogP contribution in [0.1, 0.15) is 55.9 Å². The first-order valence-electron chi connectivity index (χ1n) is 11.2. The molecule has 0 saturated heterocycles. The number of benzene rings is 1. The summed E-state index contributed by atoms with van der Waals surface area (Å²) < 4.78 is 21.7. The molecule has 2 aliphatic carbocycles. The Kier molecular flexibility index (Phi) is 7.55. The first-order valence-corrected chi connectivity index (χ1v) is 11.2. The Bertz CT molecular complexity index is 842. The molecule has 3 rings (SSSR count). The van der Waals surface area contributed by atoms with E-state index in [2.05, 4.69) is 32.9 Å². The first kappa shape index (κ1) is 23.5. The summed E-state index contributed by atoms with van der Waals surface area (Å²) in [4.78, 5) is 26.1. The van der Waals surface area contributed by atoms with Gasteiger partial charge in [-0.1, -0.05) is 31.5 Å². The molecule has 3 unspecified atom stereocenters. The molecule has 31 heavy (non-hydrogen) atoms. The highest BCUT2D eigenvalue weighted by molar-refractivity contribution is 6.26. The Hall–Kier alpha value is -2.18. The van der Waals surface area contributed by atoms with Gasteiger partial charge in [0, 0.05) is 32.0 Å². The maximum absolute atomic E-state index is 13.7. The Morgan fingerprint density at radius 3 is 2.13 bits per heavy atom.